The SMILES string of the molecule is Cc1ccnc(N2CCC(CN)CC2)n1. The first-order chi connectivity index (χ1) is 7.29. The van der Waals surface area contributed by atoms with E-state index in [0.717, 1.165) is 44.1 Å². The third kappa shape index (κ3) is 2.45. The fourth-order valence-electron chi connectivity index (χ4n) is 1.96. The molecule has 2 N–H and O–H groups in total. The fourth-order valence-corrected chi connectivity index (χ4v) is 1.96. The van der Waals surface area contributed by atoms with Gasteiger partial charge in [-0.2, -0.15) is 0 Å². The van der Waals surface area contributed by atoms with E-state index in [1.54, 1.807) is 0 Å². The number of anilines is 1. The maximum Gasteiger partial charge on any atom is 0.225 e. The standard InChI is InChI=1S/C11H18N4/c1-9-2-5-13-11(14-9)15-6-3-10(8-12)4-7-15/h2,5,10H,3-4,6-8,12H2,1H3. The zero-order chi connectivity index (χ0) is 10.7. The Bertz CT molecular complexity index is 318. The highest BCUT2D eigenvalue weighted by molar-refractivity contribution is 5.30. The summed E-state index contributed by atoms with van der Waals surface area (Å²) in [5.74, 6) is 1.55. The minimum absolute atomic E-state index is 0.686. The summed E-state index contributed by atoms with van der Waals surface area (Å²) >= 11 is 0. The molecule has 0 saturated carbocycles. The second kappa shape index (κ2) is 4.57. The van der Waals surface area contributed by atoms with Crippen LogP contribution in [-0.2, 0) is 0 Å². The molecule has 4 nitrogen and oxygen atoms in total. The summed E-state index contributed by atoms with van der Waals surface area (Å²) in [5.41, 5.74) is 6.69. The molecule has 1 aromatic heterocycles. The van der Waals surface area contributed by atoms with Gasteiger partial charge in [0.05, 0.1) is 0 Å². The molecule has 4 heteroatoms. The molecule has 0 spiro atoms. The van der Waals surface area contributed by atoms with Crippen molar-refractivity contribution in [3.8, 4) is 0 Å². The number of piperidine rings is 1. The lowest BCUT2D eigenvalue weighted by Crippen LogP contribution is -2.37. The predicted molar refractivity (Wildman–Crippen MR) is 60.8 cm³/mol. The molecule has 0 amide bonds. The van der Waals surface area contributed by atoms with Gasteiger partial charge in [0, 0.05) is 25.0 Å². The van der Waals surface area contributed by atoms with E-state index in [1.807, 2.05) is 19.2 Å². The Morgan fingerprint density at radius 3 is 2.80 bits per heavy atom. The highest BCUT2D eigenvalue weighted by Gasteiger charge is 2.19. The van der Waals surface area contributed by atoms with Crippen LogP contribution in [0.2, 0.25) is 0 Å². The highest BCUT2D eigenvalue weighted by Crippen LogP contribution is 2.19. The molecule has 1 saturated heterocycles. The second-order valence-electron chi connectivity index (χ2n) is 4.16. The van der Waals surface area contributed by atoms with Crippen LogP contribution in [0.1, 0.15) is 18.5 Å². The number of nitrogens with two attached hydrogens (primary N) is 1. The molecule has 2 heterocycles. The summed E-state index contributed by atoms with van der Waals surface area (Å²) < 4.78 is 0. The van der Waals surface area contributed by atoms with Gasteiger partial charge < -0.3 is 10.6 Å². The minimum Gasteiger partial charge on any atom is -0.341 e. The van der Waals surface area contributed by atoms with Crippen molar-refractivity contribution >= 4 is 5.95 Å². The van der Waals surface area contributed by atoms with Crippen molar-refractivity contribution < 1.29 is 0 Å². The van der Waals surface area contributed by atoms with Crippen LogP contribution in [0, 0.1) is 12.8 Å². The molecule has 1 fully saturated rings. The van der Waals surface area contributed by atoms with Crippen LogP contribution in [0.3, 0.4) is 0 Å². The van der Waals surface area contributed by atoms with Gasteiger partial charge >= 0.3 is 0 Å². The van der Waals surface area contributed by atoms with Gasteiger partial charge in [0.25, 0.3) is 0 Å². The zero-order valence-electron chi connectivity index (χ0n) is 9.19. The molecule has 0 atom stereocenters. The predicted octanol–water partition coefficient (Wildman–Crippen LogP) is 0.960. The molecular formula is C11H18N4. The van der Waals surface area contributed by atoms with E-state index in [-0.39, 0.29) is 0 Å². The number of nitrogens with zero attached hydrogens (tertiary/aromatic N) is 3. The molecule has 0 aliphatic carbocycles. The first-order valence-corrected chi connectivity index (χ1v) is 5.54. The summed E-state index contributed by atoms with van der Waals surface area (Å²) in [6.07, 6.45) is 4.15. The Hall–Kier alpha value is -1.16. The Morgan fingerprint density at radius 2 is 2.20 bits per heavy atom. The molecule has 1 aliphatic rings. The lowest BCUT2D eigenvalue weighted by molar-refractivity contribution is 0.411. The van der Waals surface area contributed by atoms with E-state index in [1.165, 1.54) is 0 Å². The average molecular weight is 206 g/mol. The quantitative estimate of drug-likeness (QED) is 0.783. The van der Waals surface area contributed by atoms with Gasteiger partial charge in [-0.3, -0.25) is 0 Å². The molecule has 15 heavy (non-hydrogen) atoms. The number of hydrogen-bond donors (Lipinski definition) is 1. The first kappa shape index (κ1) is 10.4. The van der Waals surface area contributed by atoms with E-state index >= 15 is 0 Å². The van der Waals surface area contributed by atoms with Crippen molar-refractivity contribution in [2.24, 2.45) is 11.7 Å². The van der Waals surface area contributed by atoms with Crippen molar-refractivity contribution in [2.45, 2.75) is 19.8 Å². The van der Waals surface area contributed by atoms with E-state index < -0.39 is 0 Å². The summed E-state index contributed by atoms with van der Waals surface area (Å²) in [5, 5.41) is 0. The number of rotatable bonds is 2. The largest absolute Gasteiger partial charge is 0.341 e. The Labute approximate surface area is 90.5 Å². The summed E-state index contributed by atoms with van der Waals surface area (Å²) in [6, 6.07) is 1.93. The smallest absolute Gasteiger partial charge is 0.225 e. The molecule has 0 aromatic carbocycles. The number of aromatic nitrogens is 2. The summed E-state index contributed by atoms with van der Waals surface area (Å²) in [7, 11) is 0. The van der Waals surface area contributed by atoms with Gasteiger partial charge in [-0.05, 0) is 38.3 Å². The fraction of sp³-hybridized carbons (Fsp3) is 0.636. The highest BCUT2D eigenvalue weighted by atomic mass is 15.2. The molecule has 82 valence electrons. The summed E-state index contributed by atoms with van der Waals surface area (Å²) in [4.78, 5) is 11.0. The van der Waals surface area contributed by atoms with Gasteiger partial charge in [-0.25, -0.2) is 9.97 Å². The van der Waals surface area contributed by atoms with Crippen LogP contribution in [0.25, 0.3) is 0 Å². The van der Waals surface area contributed by atoms with Gasteiger partial charge in [-0.1, -0.05) is 0 Å². The van der Waals surface area contributed by atoms with Crippen molar-refractivity contribution in [1.29, 1.82) is 0 Å². The zero-order valence-corrected chi connectivity index (χ0v) is 9.19. The van der Waals surface area contributed by atoms with Crippen molar-refractivity contribution in [3.05, 3.63) is 18.0 Å². The Morgan fingerprint density at radius 1 is 1.47 bits per heavy atom. The van der Waals surface area contributed by atoms with E-state index in [0.29, 0.717) is 5.92 Å². The Kier molecular flexibility index (Phi) is 3.16. The van der Waals surface area contributed by atoms with Gasteiger partial charge in [0.15, 0.2) is 0 Å². The second-order valence-corrected chi connectivity index (χ2v) is 4.16. The van der Waals surface area contributed by atoms with E-state index in [2.05, 4.69) is 14.9 Å². The van der Waals surface area contributed by atoms with Crippen LogP contribution in [0.4, 0.5) is 5.95 Å². The van der Waals surface area contributed by atoms with E-state index in [9.17, 15) is 0 Å². The van der Waals surface area contributed by atoms with Crippen molar-refractivity contribution in [3.63, 3.8) is 0 Å². The van der Waals surface area contributed by atoms with Crippen molar-refractivity contribution in [2.75, 3.05) is 24.5 Å². The van der Waals surface area contributed by atoms with Crippen LogP contribution >= 0.6 is 0 Å². The molecule has 2 rings (SSSR count). The van der Waals surface area contributed by atoms with Crippen LogP contribution in [0.5, 0.6) is 0 Å². The van der Waals surface area contributed by atoms with Crippen LogP contribution in [0.15, 0.2) is 12.3 Å². The van der Waals surface area contributed by atoms with Crippen LogP contribution in [-0.4, -0.2) is 29.6 Å². The topological polar surface area (TPSA) is 55.0 Å². The Balaban J connectivity index is 2.01. The summed E-state index contributed by atoms with van der Waals surface area (Å²) in [6.45, 7) is 4.87. The molecule has 1 aliphatic heterocycles. The number of hydrogen-bond acceptors (Lipinski definition) is 4. The third-order valence-electron chi connectivity index (χ3n) is 3.01. The molecule has 0 unspecified atom stereocenters. The minimum atomic E-state index is 0.686. The molecule has 1 aromatic rings. The lowest BCUT2D eigenvalue weighted by atomic mass is 9.97. The normalized spacial score (nSPS) is 18.1. The monoisotopic (exact) mass is 206 g/mol. The van der Waals surface area contributed by atoms with Crippen LogP contribution < -0.4 is 10.6 Å². The average Bonchev–Trinajstić information content (AvgIpc) is 2.29. The molecule has 0 radical (unpaired) electrons. The number of aryl methyl sites for hydroxylation is 1. The van der Waals surface area contributed by atoms with E-state index in [4.69, 9.17) is 5.73 Å². The third-order valence-corrected chi connectivity index (χ3v) is 3.01. The first-order valence-electron chi connectivity index (χ1n) is 5.54. The van der Waals surface area contributed by atoms with Gasteiger partial charge in [0.1, 0.15) is 0 Å². The van der Waals surface area contributed by atoms with Gasteiger partial charge in [-0.15, -0.1) is 0 Å². The van der Waals surface area contributed by atoms with Crippen molar-refractivity contribution in [1.82, 2.24) is 9.97 Å². The maximum atomic E-state index is 5.66. The van der Waals surface area contributed by atoms with Gasteiger partial charge in [0.2, 0.25) is 5.95 Å². The maximum absolute atomic E-state index is 5.66. The lowest BCUT2D eigenvalue weighted by Gasteiger charge is -2.31. The molecule has 0 bridgehead atoms. The molecular weight excluding hydrogens is 188 g/mol.